The summed E-state index contributed by atoms with van der Waals surface area (Å²) in [6.45, 7) is 8.67. The van der Waals surface area contributed by atoms with Crippen LogP contribution in [-0.2, 0) is 4.74 Å². The Morgan fingerprint density at radius 3 is 2.11 bits per heavy atom. The van der Waals surface area contributed by atoms with Crippen LogP contribution in [-0.4, -0.2) is 16.3 Å². The van der Waals surface area contributed by atoms with Gasteiger partial charge >= 0.3 is 0 Å². The molecule has 1 heterocycles. The van der Waals surface area contributed by atoms with Gasteiger partial charge in [-0.25, -0.2) is 0 Å². The van der Waals surface area contributed by atoms with Crippen molar-refractivity contribution in [1.82, 2.24) is 0 Å². The number of rotatable bonds is 2. The second-order valence-corrected chi connectivity index (χ2v) is 4.93. The molecule has 9 heavy (non-hydrogen) atoms. The molecular formula is C7H14OS. The van der Waals surface area contributed by atoms with Crippen molar-refractivity contribution in [1.29, 1.82) is 0 Å². The van der Waals surface area contributed by atoms with Gasteiger partial charge in [0, 0.05) is 5.25 Å². The van der Waals surface area contributed by atoms with Gasteiger partial charge in [0.05, 0.1) is 6.10 Å². The van der Waals surface area contributed by atoms with Crippen molar-refractivity contribution in [2.24, 2.45) is 0 Å². The summed E-state index contributed by atoms with van der Waals surface area (Å²) in [5.74, 6) is 0. The van der Waals surface area contributed by atoms with Crippen LogP contribution in [0.4, 0.5) is 0 Å². The molecule has 0 radical (unpaired) electrons. The molecule has 0 N–H and O–H groups in total. The maximum absolute atomic E-state index is 5.38. The Morgan fingerprint density at radius 2 is 2.00 bits per heavy atom. The lowest BCUT2D eigenvalue weighted by Crippen LogP contribution is -2.05. The fourth-order valence-corrected chi connectivity index (χ4v) is 2.24. The van der Waals surface area contributed by atoms with E-state index in [1.54, 1.807) is 0 Å². The van der Waals surface area contributed by atoms with Gasteiger partial charge in [0.1, 0.15) is 4.93 Å². The van der Waals surface area contributed by atoms with E-state index in [4.69, 9.17) is 4.74 Å². The second-order valence-electron chi connectivity index (χ2n) is 2.94. The first kappa shape index (κ1) is 7.42. The number of epoxide rings is 1. The van der Waals surface area contributed by atoms with Gasteiger partial charge in [0.25, 0.3) is 0 Å². The maximum atomic E-state index is 5.38. The fraction of sp³-hybridized carbons (Fsp3) is 1.00. The largest absolute Gasteiger partial charge is 0.355 e. The predicted octanol–water partition coefficient (Wildman–Crippen LogP) is 2.26. The van der Waals surface area contributed by atoms with E-state index in [9.17, 15) is 0 Å². The number of thioether (sulfide) groups is 1. The van der Waals surface area contributed by atoms with E-state index in [0.717, 1.165) is 0 Å². The van der Waals surface area contributed by atoms with Crippen LogP contribution >= 0.6 is 11.8 Å². The zero-order chi connectivity index (χ0) is 7.07. The SMILES string of the molecule is CC(C)SC1(C)OC1C. The third kappa shape index (κ3) is 1.62. The summed E-state index contributed by atoms with van der Waals surface area (Å²) >= 11 is 1.91. The highest BCUT2D eigenvalue weighted by Gasteiger charge is 2.49. The number of ether oxygens (including phenoxy) is 1. The summed E-state index contributed by atoms with van der Waals surface area (Å²) in [5.41, 5.74) is 0. The van der Waals surface area contributed by atoms with Crippen LogP contribution in [0.2, 0.25) is 0 Å². The summed E-state index contributed by atoms with van der Waals surface area (Å²) in [5, 5.41) is 0.681. The van der Waals surface area contributed by atoms with Crippen LogP contribution in [0.15, 0.2) is 0 Å². The van der Waals surface area contributed by atoms with Gasteiger partial charge < -0.3 is 4.74 Å². The smallest absolute Gasteiger partial charge is 0.137 e. The van der Waals surface area contributed by atoms with E-state index in [1.807, 2.05) is 11.8 Å². The first-order valence-corrected chi connectivity index (χ1v) is 4.28. The van der Waals surface area contributed by atoms with E-state index in [0.29, 0.717) is 11.4 Å². The van der Waals surface area contributed by atoms with E-state index in [1.165, 1.54) is 0 Å². The first-order valence-electron chi connectivity index (χ1n) is 3.40. The lowest BCUT2D eigenvalue weighted by Gasteiger charge is -2.07. The molecule has 1 saturated heterocycles. The molecule has 1 nitrogen and oxygen atoms in total. The average Bonchev–Trinajstić information content (AvgIpc) is 2.10. The van der Waals surface area contributed by atoms with Gasteiger partial charge in [0.2, 0.25) is 0 Å². The summed E-state index contributed by atoms with van der Waals surface area (Å²) in [7, 11) is 0. The van der Waals surface area contributed by atoms with Crippen LogP contribution in [0.1, 0.15) is 27.7 Å². The molecule has 2 atom stereocenters. The molecule has 0 aromatic carbocycles. The highest BCUT2D eigenvalue weighted by molar-refractivity contribution is 8.01. The zero-order valence-corrected chi connectivity index (χ0v) is 7.29. The summed E-state index contributed by atoms with van der Waals surface area (Å²) < 4.78 is 5.38. The Balaban J connectivity index is 2.29. The molecule has 1 aliphatic rings. The molecule has 1 fully saturated rings. The maximum Gasteiger partial charge on any atom is 0.137 e. The van der Waals surface area contributed by atoms with E-state index < -0.39 is 0 Å². The normalized spacial score (nSPS) is 41.7. The van der Waals surface area contributed by atoms with Crippen LogP contribution in [0, 0.1) is 0 Å². The zero-order valence-electron chi connectivity index (χ0n) is 6.47. The standard InChI is InChI=1S/C7H14OS/c1-5(2)9-7(4)6(3)8-7/h5-6H,1-4H3. The monoisotopic (exact) mass is 146 g/mol. The third-order valence-electron chi connectivity index (χ3n) is 1.56. The van der Waals surface area contributed by atoms with Gasteiger partial charge in [-0.2, -0.15) is 0 Å². The Morgan fingerprint density at radius 1 is 1.56 bits per heavy atom. The molecule has 0 aromatic heterocycles. The highest BCUT2D eigenvalue weighted by Crippen LogP contribution is 2.47. The molecule has 0 bridgehead atoms. The van der Waals surface area contributed by atoms with E-state index in [2.05, 4.69) is 27.7 Å². The Labute approximate surface area is 61.2 Å². The Kier molecular flexibility index (Phi) is 1.79. The minimum absolute atomic E-state index is 0.147. The minimum Gasteiger partial charge on any atom is -0.355 e. The lowest BCUT2D eigenvalue weighted by molar-refractivity contribution is 0.373. The molecule has 54 valence electrons. The first-order chi connectivity index (χ1) is 4.04. The topological polar surface area (TPSA) is 12.5 Å². The van der Waals surface area contributed by atoms with Gasteiger partial charge in [0.15, 0.2) is 0 Å². The molecule has 0 aromatic rings. The minimum atomic E-state index is 0.147. The quantitative estimate of drug-likeness (QED) is 0.554. The molecule has 2 heteroatoms. The summed E-state index contributed by atoms with van der Waals surface area (Å²) in [4.78, 5) is 0.147. The lowest BCUT2D eigenvalue weighted by atomic mass is 10.4. The highest BCUT2D eigenvalue weighted by atomic mass is 32.2. The van der Waals surface area contributed by atoms with Crippen LogP contribution < -0.4 is 0 Å². The molecule has 0 aliphatic carbocycles. The van der Waals surface area contributed by atoms with Gasteiger partial charge in [-0.15, -0.1) is 11.8 Å². The van der Waals surface area contributed by atoms with Crippen molar-refractivity contribution < 1.29 is 4.74 Å². The molecule has 0 amide bonds. The van der Waals surface area contributed by atoms with Crippen LogP contribution in [0.5, 0.6) is 0 Å². The molecule has 0 spiro atoms. The van der Waals surface area contributed by atoms with Crippen molar-refractivity contribution in [3.63, 3.8) is 0 Å². The van der Waals surface area contributed by atoms with Gasteiger partial charge in [-0.3, -0.25) is 0 Å². The van der Waals surface area contributed by atoms with Gasteiger partial charge in [-0.1, -0.05) is 13.8 Å². The van der Waals surface area contributed by atoms with E-state index in [-0.39, 0.29) is 4.93 Å². The Bertz CT molecular complexity index is 113. The van der Waals surface area contributed by atoms with Crippen molar-refractivity contribution in [2.75, 3.05) is 0 Å². The summed E-state index contributed by atoms with van der Waals surface area (Å²) in [6.07, 6.45) is 0.463. The van der Waals surface area contributed by atoms with Crippen molar-refractivity contribution in [3.8, 4) is 0 Å². The number of hydrogen-bond acceptors (Lipinski definition) is 2. The van der Waals surface area contributed by atoms with Crippen molar-refractivity contribution in [2.45, 2.75) is 44.0 Å². The van der Waals surface area contributed by atoms with Crippen molar-refractivity contribution >= 4 is 11.8 Å². The Hall–Kier alpha value is 0.310. The molecular weight excluding hydrogens is 132 g/mol. The van der Waals surface area contributed by atoms with Crippen LogP contribution in [0.25, 0.3) is 0 Å². The van der Waals surface area contributed by atoms with E-state index >= 15 is 0 Å². The fourth-order valence-electron chi connectivity index (χ4n) is 0.909. The molecule has 1 rings (SSSR count). The predicted molar refractivity (Wildman–Crippen MR) is 41.7 cm³/mol. The molecule has 2 unspecified atom stereocenters. The van der Waals surface area contributed by atoms with Gasteiger partial charge in [-0.05, 0) is 13.8 Å². The van der Waals surface area contributed by atoms with Crippen molar-refractivity contribution in [3.05, 3.63) is 0 Å². The molecule has 1 aliphatic heterocycles. The average molecular weight is 146 g/mol. The van der Waals surface area contributed by atoms with Crippen LogP contribution in [0.3, 0.4) is 0 Å². The third-order valence-corrected chi connectivity index (χ3v) is 2.93. The molecule has 0 saturated carbocycles. The second kappa shape index (κ2) is 2.17. The summed E-state index contributed by atoms with van der Waals surface area (Å²) in [6, 6.07) is 0. The number of hydrogen-bond donors (Lipinski definition) is 0.